The van der Waals surface area contributed by atoms with Gasteiger partial charge >= 0.3 is 0 Å². The molecule has 0 amide bonds. The molecule has 1 fully saturated rings. The van der Waals surface area contributed by atoms with Gasteiger partial charge in [0.15, 0.2) is 5.16 Å². The molecular formula is C12H16N6S. The standard InChI is InChI=1S/C12H16N6S/c1-3-13-9-6-10(16-11(15-9)8-4-5-8)19-12-17-14-7-18(12)2/h6-8H,3-5H2,1-2H3,(H,13,15,16). The summed E-state index contributed by atoms with van der Waals surface area (Å²) in [6.45, 7) is 2.92. The largest absolute Gasteiger partial charge is 0.370 e. The van der Waals surface area contributed by atoms with E-state index in [1.165, 1.54) is 24.6 Å². The molecule has 0 spiro atoms. The highest BCUT2D eigenvalue weighted by atomic mass is 32.2. The molecule has 0 atom stereocenters. The van der Waals surface area contributed by atoms with E-state index in [4.69, 9.17) is 0 Å². The van der Waals surface area contributed by atoms with E-state index in [9.17, 15) is 0 Å². The summed E-state index contributed by atoms with van der Waals surface area (Å²) in [5.74, 6) is 2.38. The van der Waals surface area contributed by atoms with Gasteiger partial charge in [0, 0.05) is 25.6 Å². The van der Waals surface area contributed by atoms with Gasteiger partial charge in [-0.05, 0) is 31.5 Å². The first kappa shape index (κ1) is 12.4. The van der Waals surface area contributed by atoms with Crippen molar-refractivity contribution in [1.82, 2.24) is 24.7 Å². The summed E-state index contributed by atoms with van der Waals surface area (Å²) in [6, 6.07) is 1.97. The zero-order chi connectivity index (χ0) is 13.2. The van der Waals surface area contributed by atoms with Crippen molar-refractivity contribution >= 4 is 17.6 Å². The highest BCUT2D eigenvalue weighted by Gasteiger charge is 2.27. The lowest BCUT2D eigenvalue weighted by molar-refractivity contribution is 0.784. The first-order chi connectivity index (χ1) is 9.26. The van der Waals surface area contributed by atoms with Gasteiger partial charge in [0.2, 0.25) is 0 Å². The van der Waals surface area contributed by atoms with Crippen LogP contribution in [0.4, 0.5) is 5.82 Å². The van der Waals surface area contributed by atoms with Crippen LogP contribution in [0.25, 0.3) is 0 Å². The predicted molar refractivity (Wildman–Crippen MR) is 73.3 cm³/mol. The molecule has 0 bridgehead atoms. The van der Waals surface area contributed by atoms with E-state index in [1.54, 1.807) is 6.33 Å². The van der Waals surface area contributed by atoms with Gasteiger partial charge in [-0.25, -0.2) is 9.97 Å². The fraction of sp³-hybridized carbons (Fsp3) is 0.500. The second-order valence-electron chi connectivity index (χ2n) is 4.58. The van der Waals surface area contributed by atoms with Gasteiger partial charge in [-0.3, -0.25) is 0 Å². The maximum absolute atomic E-state index is 4.62. The number of aryl methyl sites for hydroxylation is 1. The molecule has 2 heterocycles. The van der Waals surface area contributed by atoms with Crippen molar-refractivity contribution in [2.45, 2.75) is 35.9 Å². The Morgan fingerprint density at radius 1 is 1.42 bits per heavy atom. The van der Waals surface area contributed by atoms with Crippen LogP contribution >= 0.6 is 11.8 Å². The number of rotatable bonds is 5. The average Bonchev–Trinajstić information content (AvgIpc) is 3.16. The second kappa shape index (κ2) is 5.16. The Bertz CT molecular complexity index is 577. The van der Waals surface area contributed by atoms with Crippen LogP contribution in [-0.4, -0.2) is 31.3 Å². The van der Waals surface area contributed by atoms with Crippen LogP contribution in [0.5, 0.6) is 0 Å². The lowest BCUT2D eigenvalue weighted by Gasteiger charge is -2.07. The van der Waals surface area contributed by atoms with E-state index in [0.29, 0.717) is 5.92 Å². The van der Waals surface area contributed by atoms with Crippen LogP contribution in [-0.2, 0) is 7.05 Å². The molecule has 6 nitrogen and oxygen atoms in total. The molecule has 19 heavy (non-hydrogen) atoms. The third-order valence-corrected chi connectivity index (χ3v) is 3.86. The van der Waals surface area contributed by atoms with Crippen LogP contribution in [0.15, 0.2) is 22.6 Å². The zero-order valence-electron chi connectivity index (χ0n) is 11.0. The van der Waals surface area contributed by atoms with Gasteiger partial charge in [0.1, 0.15) is 23.0 Å². The zero-order valence-corrected chi connectivity index (χ0v) is 11.8. The maximum Gasteiger partial charge on any atom is 0.197 e. The van der Waals surface area contributed by atoms with Crippen LogP contribution in [0, 0.1) is 0 Å². The Hall–Kier alpha value is -1.63. The molecule has 1 aliphatic carbocycles. The van der Waals surface area contributed by atoms with Gasteiger partial charge < -0.3 is 9.88 Å². The molecule has 1 N–H and O–H groups in total. The van der Waals surface area contributed by atoms with Crippen LogP contribution in [0.1, 0.15) is 31.5 Å². The van der Waals surface area contributed by atoms with Crippen molar-refractivity contribution in [3.63, 3.8) is 0 Å². The lowest BCUT2D eigenvalue weighted by Crippen LogP contribution is -2.04. The van der Waals surface area contributed by atoms with E-state index < -0.39 is 0 Å². The van der Waals surface area contributed by atoms with E-state index in [0.717, 1.165) is 28.4 Å². The van der Waals surface area contributed by atoms with E-state index in [2.05, 4.69) is 32.4 Å². The monoisotopic (exact) mass is 276 g/mol. The highest BCUT2D eigenvalue weighted by Crippen LogP contribution is 2.39. The van der Waals surface area contributed by atoms with Gasteiger partial charge in [-0.2, -0.15) is 0 Å². The normalized spacial score (nSPS) is 14.6. The molecule has 0 radical (unpaired) electrons. The van der Waals surface area contributed by atoms with E-state index >= 15 is 0 Å². The summed E-state index contributed by atoms with van der Waals surface area (Å²) < 4.78 is 1.89. The third kappa shape index (κ3) is 2.86. The van der Waals surface area contributed by atoms with E-state index in [1.807, 2.05) is 17.7 Å². The summed E-state index contributed by atoms with van der Waals surface area (Å²) in [5, 5.41) is 13.0. The fourth-order valence-corrected chi connectivity index (χ4v) is 2.53. The Balaban J connectivity index is 1.88. The number of hydrogen-bond donors (Lipinski definition) is 1. The topological polar surface area (TPSA) is 68.5 Å². The minimum atomic E-state index is 0.539. The minimum Gasteiger partial charge on any atom is -0.370 e. The summed E-state index contributed by atoms with van der Waals surface area (Å²) >= 11 is 1.52. The van der Waals surface area contributed by atoms with Crippen LogP contribution in [0.3, 0.4) is 0 Å². The molecule has 0 aliphatic heterocycles. The minimum absolute atomic E-state index is 0.539. The lowest BCUT2D eigenvalue weighted by atomic mass is 10.4. The van der Waals surface area contributed by atoms with Crippen molar-refractivity contribution < 1.29 is 0 Å². The molecule has 7 heteroatoms. The van der Waals surface area contributed by atoms with Gasteiger partial charge in [-0.1, -0.05) is 0 Å². The number of nitrogens with zero attached hydrogens (tertiary/aromatic N) is 5. The second-order valence-corrected chi connectivity index (χ2v) is 5.57. The average molecular weight is 276 g/mol. The fourth-order valence-electron chi connectivity index (χ4n) is 1.75. The van der Waals surface area contributed by atoms with Gasteiger partial charge in [0.25, 0.3) is 0 Å². The quantitative estimate of drug-likeness (QED) is 0.843. The van der Waals surface area contributed by atoms with Crippen molar-refractivity contribution in [3.05, 3.63) is 18.2 Å². The molecule has 3 rings (SSSR count). The molecule has 100 valence electrons. The van der Waals surface area contributed by atoms with E-state index in [-0.39, 0.29) is 0 Å². The maximum atomic E-state index is 4.62. The van der Waals surface area contributed by atoms with Crippen molar-refractivity contribution in [3.8, 4) is 0 Å². The molecule has 2 aromatic rings. The van der Waals surface area contributed by atoms with Crippen molar-refractivity contribution in [1.29, 1.82) is 0 Å². The third-order valence-electron chi connectivity index (χ3n) is 2.89. The number of anilines is 1. The van der Waals surface area contributed by atoms with Gasteiger partial charge in [-0.15, -0.1) is 10.2 Å². The summed E-state index contributed by atoms with van der Waals surface area (Å²) in [7, 11) is 1.93. The SMILES string of the molecule is CCNc1cc(Sc2nncn2C)nc(C2CC2)n1. The number of aromatic nitrogens is 5. The van der Waals surface area contributed by atoms with Crippen LogP contribution in [0.2, 0.25) is 0 Å². The Kier molecular flexibility index (Phi) is 3.37. The summed E-state index contributed by atoms with van der Waals surface area (Å²) in [4.78, 5) is 9.18. The van der Waals surface area contributed by atoms with Gasteiger partial charge in [0.05, 0.1) is 0 Å². The first-order valence-electron chi connectivity index (χ1n) is 6.41. The molecule has 0 aromatic carbocycles. The smallest absolute Gasteiger partial charge is 0.197 e. The Morgan fingerprint density at radius 2 is 2.26 bits per heavy atom. The number of hydrogen-bond acceptors (Lipinski definition) is 6. The Labute approximate surface area is 116 Å². The predicted octanol–water partition coefficient (Wildman–Crippen LogP) is 2.07. The molecule has 1 saturated carbocycles. The van der Waals surface area contributed by atoms with Crippen molar-refractivity contribution in [2.24, 2.45) is 7.05 Å². The molecular weight excluding hydrogens is 260 g/mol. The first-order valence-corrected chi connectivity index (χ1v) is 7.22. The number of nitrogens with one attached hydrogen (secondary N) is 1. The highest BCUT2D eigenvalue weighted by molar-refractivity contribution is 7.99. The molecule has 0 unspecified atom stereocenters. The van der Waals surface area contributed by atoms with Crippen molar-refractivity contribution in [2.75, 3.05) is 11.9 Å². The molecule has 2 aromatic heterocycles. The molecule has 1 aliphatic rings. The summed E-state index contributed by atoms with van der Waals surface area (Å²) in [6.07, 6.45) is 4.09. The Morgan fingerprint density at radius 3 is 2.89 bits per heavy atom. The molecule has 0 saturated heterocycles. The van der Waals surface area contributed by atoms with Crippen LogP contribution < -0.4 is 5.32 Å². The summed E-state index contributed by atoms with van der Waals surface area (Å²) in [5.41, 5.74) is 0.